The number of rotatable bonds is 2. The summed E-state index contributed by atoms with van der Waals surface area (Å²) in [5, 5.41) is 0. The van der Waals surface area contributed by atoms with Crippen molar-refractivity contribution in [2.45, 2.75) is 25.1 Å². The fourth-order valence-corrected chi connectivity index (χ4v) is 2.06. The Balaban J connectivity index is 0.00000162. The Morgan fingerprint density at radius 1 is 1.06 bits per heavy atom. The fourth-order valence-electron chi connectivity index (χ4n) is 2.06. The number of halogens is 4. The highest BCUT2D eigenvalue weighted by molar-refractivity contribution is 5.85. The van der Waals surface area contributed by atoms with Crippen LogP contribution in [-0.4, -0.2) is 19.3 Å². The SMILES string of the molecule is Cl.N[C@@H](c1ccc(N2CCCC2)cc1)C(F)(F)F. The smallest absolute Gasteiger partial charge is 0.372 e. The molecule has 1 aromatic carbocycles. The van der Waals surface area contributed by atoms with E-state index in [0.29, 0.717) is 0 Å². The molecular formula is C12H16ClF3N2. The Hall–Kier alpha value is -0.940. The van der Waals surface area contributed by atoms with Crippen molar-refractivity contribution in [1.29, 1.82) is 0 Å². The van der Waals surface area contributed by atoms with Crippen LogP contribution in [0.1, 0.15) is 24.4 Å². The molecule has 0 unspecified atom stereocenters. The quantitative estimate of drug-likeness (QED) is 0.901. The van der Waals surface area contributed by atoms with E-state index in [1.165, 1.54) is 12.1 Å². The van der Waals surface area contributed by atoms with Crippen LogP contribution in [0.3, 0.4) is 0 Å². The molecule has 2 N–H and O–H groups in total. The molecular weight excluding hydrogens is 265 g/mol. The van der Waals surface area contributed by atoms with Gasteiger partial charge in [0.05, 0.1) is 0 Å². The van der Waals surface area contributed by atoms with Gasteiger partial charge in [-0.1, -0.05) is 12.1 Å². The van der Waals surface area contributed by atoms with Crippen LogP contribution in [0, 0.1) is 0 Å². The Kier molecular flexibility index (Phi) is 4.87. The minimum absolute atomic E-state index is 0. The Morgan fingerprint density at radius 2 is 1.56 bits per heavy atom. The molecule has 1 fully saturated rings. The van der Waals surface area contributed by atoms with Gasteiger partial charge in [-0.2, -0.15) is 13.2 Å². The van der Waals surface area contributed by atoms with Gasteiger partial charge in [0.15, 0.2) is 0 Å². The predicted molar refractivity (Wildman–Crippen MR) is 68.1 cm³/mol. The Labute approximate surface area is 110 Å². The molecule has 0 aromatic heterocycles. The van der Waals surface area contributed by atoms with Crippen LogP contribution in [0.25, 0.3) is 0 Å². The molecule has 2 rings (SSSR count). The van der Waals surface area contributed by atoms with Gasteiger partial charge in [-0.05, 0) is 30.5 Å². The lowest BCUT2D eigenvalue weighted by molar-refractivity contribution is -0.149. The molecule has 2 nitrogen and oxygen atoms in total. The molecule has 1 aliphatic rings. The fraction of sp³-hybridized carbons (Fsp3) is 0.500. The zero-order valence-corrected chi connectivity index (χ0v) is 10.6. The summed E-state index contributed by atoms with van der Waals surface area (Å²) in [6.07, 6.45) is -2.09. The highest BCUT2D eigenvalue weighted by Gasteiger charge is 2.37. The lowest BCUT2D eigenvalue weighted by atomic mass is 10.1. The first-order chi connectivity index (χ1) is 7.98. The zero-order valence-electron chi connectivity index (χ0n) is 9.78. The highest BCUT2D eigenvalue weighted by atomic mass is 35.5. The van der Waals surface area contributed by atoms with E-state index in [-0.39, 0.29) is 18.0 Å². The number of nitrogens with zero attached hydrogens (tertiary/aromatic N) is 1. The second-order valence-electron chi connectivity index (χ2n) is 4.30. The molecule has 1 aliphatic heterocycles. The van der Waals surface area contributed by atoms with Crippen molar-refractivity contribution < 1.29 is 13.2 Å². The molecule has 0 radical (unpaired) electrons. The van der Waals surface area contributed by atoms with Crippen LogP contribution in [0.5, 0.6) is 0 Å². The minimum Gasteiger partial charge on any atom is -0.372 e. The number of hydrogen-bond acceptors (Lipinski definition) is 2. The molecule has 0 aliphatic carbocycles. The third-order valence-corrected chi connectivity index (χ3v) is 3.08. The second kappa shape index (κ2) is 5.80. The first-order valence-electron chi connectivity index (χ1n) is 5.66. The number of anilines is 1. The minimum atomic E-state index is -4.38. The molecule has 102 valence electrons. The van der Waals surface area contributed by atoms with Crippen LogP contribution >= 0.6 is 12.4 Å². The molecule has 1 saturated heterocycles. The summed E-state index contributed by atoms with van der Waals surface area (Å²) in [5.41, 5.74) is 6.22. The van der Waals surface area contributed by atoms with Gasteiger partial charge in [-0.25, -0.2) is 0 Å². The van der Waals surface area contributed by atoms with Crippen molar-refractivity contribution >= 4 is 18.1 Å². The molecule has 0 saturated carbocycles. The summed E-state index contributed by atoms with van der Waals surface area (Å²) in [6, 6.07) is 4.46. The summed E-state index contributed by atoms with van der Waals surface area (Å²) in [6.45, 7) is 1.95. The molecule has 1 heterocycles. The van der Waals surface area contributed by atoms with Crippen molar-refractivity contribution in [1.82, 2.24) is 0 Å². The van der Waals surface area contributed by atoms with Gasteiger partial charge in [0.2, 0.25) is 0 Å². The van der Waals surface area contributed by atoms with Gasteiger partial charge in [-0.3, -0.25) is 0 Å². The van der Waals surface area contributed by atoms with Crippen molar-refractivity contribution in [3.63, 3.8) is 0 Å². The van der Waals surface area contributed by atoms with E-state index in [1.54, 1.807) is 12.1 Å². The van der Waals surface area contributed by atoms with Gasteiger partial charge >= 0.3 is 6.18 Å². The molecule has 1 atom stereocenters. The van der Waals surface area contributed by atoms with Gasteiger partial charge in [0.25, 0.3) is 0 Å². The topological polar surface area (TPSA) is 29.3 Å². The first-order valence-corrected chi connectivity index (χ1v) is 5.66. The van der Waals surface area contributed by atoms with Crippen LogP contribution in [0.2, 0.25) is 0 Å². The summed E-state index contributed by atoms with van der Waals surface area (Å²) >= 11 is 0. The standard InChI is InChI=1S/C12H15F3N2.ClH/c13-12(14,15)11(16)9-3-5-10(6-4-9)17-7-1-2-8-17;/h3-6,11H,1-2,7-8,16H2;1H/t11-;/m0./s1. The first kappa shape index (κ1) is 15.1. The molecule has 0 spiro atoms. The van der Waals surface area contributed by atoms with Crippen molar-refractivity contribution in [3.05, 3.63) is 29.8 Å². The molecule has 0 bridgehead atoms. The highest BCUT2D eigenvalue weighted by Crippen LogP contribution is 2.31. The van der Waals surface area contributed by atoms with E-state index in [2.05, 4.69) is 4.90 Å². The maximum atomic E-state index is 12.4. The van der Waals surface area contributed by atoms with Crippen LogP contribution in [0.4, 0.5) is 18.9 Å². The second-order valence-corrected chi connectivity index (χ2v) is 4.30. The summed E-state index contributed by atoms with van der Waals surface area (Å²) in [7, 11) is 0. The monoisotopic (exact) mass is 280 g/mol. The van der Waals surface area contributed by atoms with E-state index in [9.17, 15) is 13.2 Å². The van der Waals surface area contributed by atoms with Crippen molar-refractivity contribution in [3.8, 4) is 0 Å². The third-order valence-electron chi connectivity index (χ3n) is 3.08. The van der Waals surface area contributed by atoms with E-state index in [0.717, 1.165) is 31.6 Å². The summed E-state index contributed by atoms with van der Waals surface area (Å²) < 4.78 is 37.2. The largest absolute Gasteiger partial charge is 0.407 e. The van der Waals surface area contributed by atoms with Gasteiger partial charge in [0.1, 0.15) is 6.04 Å². The van der Waals surface area contributed by atoms with Crippen LogP contribution < -0.4 is 10.6 Å². The van der Waals surface area contributed by atoms with E-state index in [4.69, 9.17) is 5.73 Å². The average Bonchev–Trinajstić information content (AvgIpc) is 2.80. The lowest BCUT2D eigenvalue weighted by Crippen LogP contribution is -2.28. The number of alkyl halides is 3. The van der Waals surface area contributed by atoms with Gasteiger partial charge < -0.3 is 10.6 Å². The zero-order chi connectivity index (χ0) is 12.5. The average molecular weight is 281 g/mol. The summed E-state index contributed by atoms with van der Waals surface area (Å²) in [5.74, 6) is 0. The lowest BCUT2D eigenvalue weighted by Gasteiger charge is -2.20. The van der Waals surface area contributed by atoms with Crippen LogP contribution in [-0.2, 0) is 0 Å². The van der Waals surface area contributed by atoms with Crippen LogP contribution in [0.15, 0.2) is 24.3 Å². The van der Waals surface area contributed by atoms with E-state index >= 15 is 0 Å². The normalized spacial score (nSPS) is 17.4. The van der Waals surface area contributed by atoms with Crippen molar-refractivity contribution in [2.24, 2.45) is 5.73 Å². The molecule has 1 aromatic rings. The Bertz CT molecular complexity index is 372. The number of nitrogens with two attached hydrogens (primary N) is 1. The predicted octanol–water partition coefficient (Wildman–Crippen LogP) is 3.27. The summed E-state index contributed by atoms with van der Waals surface area (Å²) in [4.78, 5) is 2.17. The third kappa shape index (κ3) is 3.29. The van der Waals surface area contributed by atoms with E-state index < -0.39 is 12.2 Å². The number of benzene rings is 1. The number of hydrogen-bond donors (Lipinski definition) is 1. The maximum Gasteiger partial charge on any atom is 0.407 e. The molecule has 18 heavy (non-hydrogen) atoms. The Morgan fingerprint density at radius 3 is 2.00 bits per heavy atom. The van der Waals surface area contributed by atoms with Gasteiger partial charge in [0, 0.05) is 18.8 Å². The van der Waals surface area contributed by atoms with Crippen molar-refractivity contribution in [2.75, 3.05) is 18.0 Å². The molecule has 6 heteroatoms. The van der Waals surface area contributed by atoms with E-state index in [1.807, 2.05) is 0 Å². The molecule has 0 amide bonds. The maximum absolute atomic E-state index is 12.4. The van der Waals surface area contributed by atoms with Gasteiger partial charge in [-0.15, -0.1) is 12.4 Å².